The van der Waals surface area contributed by atoms with E-state index in [9.17, 15) is 4.39 Å². The number of rotatable bonds is 4. The molecule has 0 saturated carbocycles. The van der Waals surface area contributed by atoms with E-state index in [4.69, 9.17) is 0 Å². The van der Waals surface area contributed by atoms with E-state index in [0.29, 0.717) is 0 Å². The maximum absolute atomic E-state index is 11.6. The zero-order valence-electron chi connectivity index (χ0n) is 7.25. The van der Waals surface area contributed by atoms with E-state index >= 15 is 0 Å². The van der Waals surface area contributed by atoms with E-state index in [1.165, 1.54) is 0 Å². The summed E-state index contributed by atoms with van der Waals surface area (Å²) < 4.78 is 11.6. The van der Waals surface area contributed by atoms with Crippen molar-refractivity contribution in [2.45, 2.75) is 6.42 Å². The quantitative estimate of drug-likeness (QED) is 0.580. The first-order valence-electron chi connectivity index (χ1n) is 4.35. The van der Waals surface area contributed by atoms with Gasteiger partial charge in [-0.1, -0.05) is 12.2 Å². The van der Waals surface area contributed by atoms with E-state index in [1.807, 2.05) is 12.3 Å². The first-order chi connectivity index (χ1) is 5.93. The summed E-state index contributed by atoms with van der Waals surface area (Å²) in [6.45, 7) is 3.57. The zero-order chi connectivity index (χ0) is 8.65. The lowest BCUT2D eigenvalue weighted by Gasteiger charge is -2.21. The smallest absolute Gasteiger partial charge is 0.108 e. The van der Waals surface area contributed by atoms with Crippen molar-refractivity contribution in [1.29, 1.82) is 0 Å². The maximum atomic E-state index is 11.6. The number of halogens is 1. The van der Waals surface area contributed by atoms with Gasteiger partial charge in [0.1, 0.15) is 6.67 Å². The van der Waals surface area contributed by atoms with Gasteiger partial charge in [0, 0.05) is 25.8 Å². The predicted molar refractivity (Wildman–Crippen MR) is 49.5 cm³/mol. The topological polar surface area (TPSA) is 15.6 Å². The van der Waals surface area contributed by atoms with Crippen LogP contribution >= 0.6 is 0 Å². The molecule has 0 N–H and O–H groups in total. The van der Waals surface area contributed by atoms with E-state index < -0.39 is 0 Å². The van der Waals surface area contributed by atoms with E-state index in [2.05, 4.69) is 9.89 Å². The van der Waals surface area contributed by atoms with Crippen molar-refractivity contribution in [3.8, 4) is 0 Å². The van der Waals surface area contributed by atoms with Crippen LogP contribution in [0.5, 0.6) is 0 Å². The van der Waals surface area contributed by atoms with Crippen LogP contribution in [0.4, 0.5) is 4.39 Å². The molecule has 68 valence electrons. The molecule has 3 heteroatoms. The van der Waals surface area contributed by atoms with Crippen LogP contribution in [-0.2, 0) is 0 Å². The van der Waals surface area contributed by atoms with E-state index in [0.717, 1.165) is 32.6 Å². The van der Waals surface area contributed by atoms with Crippen LogP contribution in [0.15, 0.2) is 17.1 Å². The molecule has 0 bridgehead atoms. The lowest BCUT2D eigenvalue weighted by Crippen LogP contribution is -2.32. The Labute approximate surface area is 72.8 Å². The summed E-state index contributed by atoms with van der Waals surface area (Å²) in [6, 6.07) is 0. The van der Waals surface area contributed by atoms with E-state index in [-0.39, 0.29) is 6.67 Å². The number of allylic oxidation sites excluding steroid dienone is 1. The average molecular weight is 170 g/mol. The van der Waals surface area contributed by atoms with Crippen molar-refractivity contribution in [3.63, 3.8) is 0 Å². The number of alkyl halides is 1. The summed E-state index contributed by atoms with van der Waals surface area (Å²) in [6.07, 6.45) is 6.35. The largest absolute Gasteiger partial charge is 0.296 e. The van der Waals surface area contributed by atoms with Gasteiger partial charge in [-0.3, -0.25) is 9.89 Å². The molecule has 2 nitrogen and oxygen atoms in total. The Hall–Kier alpha value is -0.700. The summed E-state index contributed by atoms with van der Waals surface area (Å²) in [5.41, 5.74) is 0. The van der Waals surface area contributed by atoms with Crippen LogP contribution in [0.1, 0.15) is 6.42 Å². The highest BCUT2D eigenvalue weighted by Crippen LogP contribution is 1.95. The molecule has 0 aromatic carbocycles. The van der Waals surface area contributed by atoms with Gasteiger partial charge < -0.3 is 0 Å². The number of hydrogen-bond acceptors (Lipinski definition) is 2. The molecule has 1 heterocycles. The zero-order valence-corrected chi connectivity index (χ0v) is 7.25. The normalized spacial score (nSPS) is 19.1. The Morgan fingerprint density at radius 2 is 2.42 bits per heavy atom. The number of nitrogens with zero attached hydrogens (tertiary/aromatic N) is 2. The van der Waals surface area contributed by atoms with Crippen molar-refractivity contribution in [2.24, 2.45) is 4.99 Å². The van der Waals surface area contributed by atoms with Crippen molar-refractivity contribution >= 4 is 6.21 Å². The van der Waals surface area contributed by atoms with Crippen LogP contribution in [-0.4, -0.2) is 44.0 Å². The van der Waals surface area contributed by atoms with Gasteiger partial charge in [-0.25, -0.2) is 4.39 Å². The minimum atomic E-state index is -0.346. The molecular weight excluding hydrogens is 155 g/mol. The van der Waals surface area contributed by atoms with Crippen LogP contribution in [0.25, 0.3) is 0 Å². The summed E-state index contributed by atoms with van der Waals surface area (Å²) in [4.78, 5) is 6.44. The van der Waals surface area contributed by atoms with Crippen molar-refractivity contribution in [3.05, 3.63) is 12.2 Å². The van der Waals surface area contributed by atoms with Gasteiger partial charge in [0.15, 0.2) is 0 Å². The molecule has 0 aromatic heterocycles. The molecule has 1 aliphatic heterocycles. The van der Waals surface area contributed by atoms with E-state index in [1.54, 1.807) is 6.08 Å². The molecule has 0 unspecified atom stereocenters. The van der Waals surface area contributed by atoms with Gasteiger partial charge in [0.2, 0.25) is 0 Å². The fourth-order valence-corrected chi connectivity index (χ4v) is 1.20. The molecule has 0 radical (unpaired) electrons. The lowest BCUT2D eigenvalue weighted by atomic mass is 10.3. The first kappa shape index (κ1) is 9.39. The van der Waals surface area contributed by atoms with Gasteiger partial charge in [-0.15, -0.1) is 0 Å². The third kappa shape index (κ3) is 3.62. The summed E-state index contributed by atoms with van der Waals surface area (Å²) in [7, 11) is 0. The van der Waals surface area contributed by atoms with Gasteiger partial charge in [-0.05, 0) is 6.42 Å². The van der Waals surface area contributed by atoms with Crippen LogP contribution in [0.2, 0.25) is 0 Å². The predicted octanol–water partition coefficient (Wildman–Crippen LogP) is 1.29. The molecule has 0 spiro atoms. The fourth-order valence-electron chi connectivity index (χ4n) is 1.20. The fraction of sp³-hybridized carbons (Fsp3) is 0.667. The van der Waals surface area contributed by atoms with Crippen LogP contribution in [0, 0.1) is 0 Å². The van der Waals surface area contributed by atoms with Crippen LogP contribution < -0.4 is 0 Å². The van der Waals surface area contributed by atoms with Gasteiger partial charge >= 0.3 is 0 Å². The van der Waals surface area contributed by atoms with Gasteiger partial charge in [-0.2, -0.15) is 0 Å². The monoisotopic (exact) mass is 170 g/mol. The van der Waals surface area contributed by atoms with Gasteiger partial charge in [0.05, 0.1) is 6.54 Å². The van der Waals surface area contributed by atoms with Crippen LogP contribution in [0.3, 0.4) is 0 Å². The second kappa shape index (κ2) is 5.89. The molecule has 0 aromatic rings. The molecule has 12 heavy (non-hydrogen) atoms. The standard InChI is InChI=1S/C9H15FN2/c10-4-2-1-3-7-12-8-5-11-6-9-12/h1-2,5H,3-4,6-9H2/b2-1+. The summed E-state index contributed by atoms with van der Waals surface area (Å²) in [5, 5.41) is 0. The molecule has 0 saturated heterocycles. The van der Waals surface area contributed by atoms with Gasteiger partial charge in [0.25, 0.3) is 0 Å². The van der Waals surface area contributed by atoms with Crippen molar-refractivity contribution in [2.75, 3.05) is 32.9 Å². The highest BCUT2D eigenvalue weighted by Gasteiger charge is 2.03. The molecular formula is C9H15FN2. The average Bonchev–Trinajstić information content (AvgIpc) is 2.14. The third-order valence-electron chi connectivity index (χ3n) is 1.88. The molecule has 0 aliphatic carbocycles. The highest BCUT2D eigenvalue weighted by molar-refractivity contribution is 5.60. The number of hydrogen-bond donors (Lipinski definition) is 0. The molecule has 1 aliphatic rings. The lowest BCUT2D eigenvalue weighted by molar-refractivity contribution is 0.319. The molecule has 0 atom stereocenters. The second-order valence-electron chi connectivity index (χ2n) is 2.80. The Morgan fingerprint density at radius 3 is 3.08 bits per heavy atom. The summed E-state index contributed by atoms with van der Waals surface area (Å²) in [5.74, 6) is 0. The first-order valence-corrected chi connectivity index (χ1v) is 4.35. The Morgan fingerprint density at radius 1 is 1.50 bits per heavy atom. The Bertz CT molecular complexity index is 166. The third-order valence-corrected chi connectivity index (χ3v) is 1.88. The molecule has 0 fully saturated rings. The minimum absolute atomic E-state index is 0.346. The second-order valence-corrected chi connectivity index (χ2v) is 2.80. The molecule has 0 amide bonds. The van der Waals surface area contributed by atoms with Crippen molar-refractivity contribution in [1.82, 2.24) is 4.90 Å². The number of aliphatic imine (C=N–C) groups is 1. The highest BCUT2D eigenvalue weighted by atomic mass is 19.1. The Balaban J connectivity index is 2.06. The molecule has 1 rings (SSSR count). The maximum Gasteiger partial charge on any atom is 0.108 e. The Kier molecular flexibility index (Phi) is 4.61. The SMILES string of the molecule is FC/C=C/CCN1CC=NCC1. The van der Waals surface area contributed by atoms with Crippen molar-refractivity contribution < 1.29 is 4.39 Å². The summed E-state index contributed by atoms with van der Waals surface area (Å²) >= 11 is 0. The minimum Gasteiger partial charge on any atom is -0.296 e.